The smallest absolute Gasteiger partial charge is 0.261 e. The molecule has 1 unspecified atom stereocenters. The summed E-state index contributed by atoms with van der Waals surface area (Å²) in [7, 11) is -2.58. The van der Waals surface area contributed by atoms with Gasteiger partial charge in [-0.15, -0.1) is 0 Å². The van der Waals surface area contributed by atoms with Crippen LogP contribution in [0, 0.1) is 0 Å². The van der Waals surface area contributed by atoms with Gasteiger partial charge in [-0.3, -0.25) is 0 Å². The predicted octanol–water partition coefficient (Wildman–Crippen LogP) is 2.83. The van der Waals surface area contributed by atoms with Gasteiger partial charge in [0.2, 0.25) is 0 Å². The van der Waals surface area contributed by atoms with Gasteiger partial charge in [0.15, 0.2) is 6.29 Å². The molecule has 1 aliphatic heterocycles. The maximum atomic E-state index is 9.82. The van der Waals surface area contributed by atoms with Crippen LogP contribution in [0.2, 0.25) is 5.04 Å². The van der Waals surface area contributed by atoms with E-state index in [-0.39, 0.29) is 15.1 Å². The zero-order valence-electron chi connectivity index (χ0n) is 16.6. The van der Waals surface area contributed by atoms with Gasteiger partial charge in [-0.25, -0.2) is 0 Å². The van der Waals surface area contributed by atoms with Crippen LogP contribution in [-0.4, -0.2) is 47.6 Å². The first kappa shape index (κ1) is 21.9. The van der Waals surface area contributed by atoms with Crippen LogP contribution >= 0.6 is 22.6 Å². The highest BCUT2D eigenvalue weighted by atomic mass is 127. The van der Waals surface area contributed by atoms with Crippen LogP contribution < -0.4 is 10.4 Å². The molecule has 0 amide bonds. The number of aliphatic hydroxyl groups is 2. The van der Waals surface area contributed by atoms with E-state index in [0.717, 1.165) is 0 Å². The highest BCUT2D eigenvalue weighted by Crippen LogP contribution is 2.37. The summed E-state index contributed by atoms with van der Waals surface area (Å²) in [6.07, 6.45) is -1.71. The first-order chi connectivity index (χ1) is 13.3. The van der Waals surface area contributed by atoms with Gasteiger partial charge in [0.25, 0.3) is 8.32 Å². The van der Waals surface area contributed by atoms with Crippen molar-refractivity contribution in [3.05, 3.63) is 60.7 Å². The highest BCUT2D eigenvalue weighted by Gasteiger charge is 2.50. The number of hydrogen-bond acceptors (Lipinski definition) is 4. The van der Waals surface area contributed by atoms with Crippen LogP contribution in [0.15, 0.2) is 60.7 Å². The summed E-state index contributed by atoms with van der Waals surface area (Å²) in [5.41, 5.74) is 0. The van der Waals surface area contributed by atoms with Gasteiger partial charge in [0.05, 0.1) is 10.0 Å². The van der Waals surface area contributed by atoms with E-state index in [1.165, 1.54) is 10.4 Å². The molecule has 28 heavy (non-hydrogen) atoms. The molecule has 0 aromatic heterocycles. The minimum Gasteiger partial charge on any atom is -0.406 e. The molecule has 2 aromatic rings. The summed E-state index contributed by atoms with van der Waals surface area (Å²) in [6, 6.07) is 21.1. The summed E-state index contributed by atoms with van der Waals surface area (Å²) in [5, 5.41) is 21.9. The lowest BCUT2D eigenvalue weighted by molar-refractivity contribution is -0.126. The van der Waals surface area contributed by atoms with E-state index in [1.54, 1.807) is 0 Å². The Kier molecular flexibility index (Phi) is 6.99. The van der Waals surface area contributed by atoms with Crippen LogP contribution in [0.1, 0.15) is 27.2 Å². The van der Waals surface area contributed by atoms with Crippen molar-refractivity contribution >= 4 is 41.3 Å². The van der Waals surface area contributed by atoms with Crippen molar-refractivity contribution in [1.29, 1.82) is 0 Å². The lowest BCUT2D eigenvalue weighted by atomic mass is 10.1. The molecule has 0 radical (unpaired) electrons. The number of rotatable bonds is 6. The molecule has 1 fully saturated rings. The highest BCUT2D eigenvalue weighted by molar-refractivity contribution is 14.1. The molecule has 0 aliphatic carbocycles. The number of ether oxygens (including phenoxy) is 1. The SMILES string of the molecule is CC(C)(C)[Si](OC[C@H](I)[C@@H]1C[C@@H](O)C(O)O1)(c1ccccc1)c1ccccc1. The molecule has 2 N–H and O–H groups in total. The second-order valence-electron chi connectivity index (χ2n) is 8.36. The molecule has 1 saturated heterocycles. The van der Waals surface area contributed by atoms with Gasteiger partial charge >= 0.3 is 0 Å². The third kappa shape index (κ3) is 4.37. The molecule has 0 saturated carbocycles. The third-order valence-electron chi connectivity index (χ3n) is 5.40. The Bertz CT molecular complexity index is 701. The topological polar surface area (TPSA) is 58.9 Å². The lowest BCUT2D eigenvalue weighted by Gasteiger charge is -2.43. The average molecular weight is 512 g/mol. The van der Waals surface area contributed by atoms with Crippen LogP contribution in [0.3, 0.4) is 0 Å². The average Bonchev–Trinajstić information content (AvgIpc) is 3.01. The Morgan fingerprint density at radius 3 is 1.93 bits per heavy atom. The van der Waals surface area contributed by atoms with E-state index >= 15 is 0 Å². The van der Waals surface area contributed by atoms with Gasteiger partial charge in [-0.2, -0.15) is 0 Å². The van der Waals surface area contributed by atoms with Crippen molar-refractivity contribution in [1.82, 2.24) is 0 Å². The zero-order valence-corrected chi connectivity index (χ0v) is 19.7. The van der Waals surface area contributed by atoms with E-state index in [2.05, 4.69) is 91.9 Å². The zero-order chi connectivity index (χ0) is 20.4. The van der Waals surface area contributed by atoms with Crippen molar-refractivity contribution in [2.45, 2.75) is 54.7 Å². The number of halogens is 1. The van der Waals surface area contributed by atoms with Gasteiger partial charge in [-0.1, -0.05) is 104 Å². The predicted molar refractivity (Wildman–Crippen MR) is 123 cm³/mol. The lowest BCUT2D eigenvalue weighted by Crippen LogP contribution is -2.67. The van der Waals surface area contributed by atoms with E-state index in [4.69, 9.17) is 9.16 Å². The standard InChI is InChI=1S/C22H29IO4Si/c1-22(2,3)28(16-10-6-4-7-11-16,17-12-8-5-9-13-17)26-15-18(23)20-14-19(24)21(25)27-20/h4-13,18-21,24-25H,14-15H2,1-3H3/t18-,19+,20-,21?/m0/s1. The van der Waals surface area contributed by atoms with E-state index in [0.29, 0.717) is 13.0 Å². The van der Waals surface area contributed by atoms with Crippen LogP contribution in [0.25, 0.3) is 0 Å². The van der Waals surface area contributed by atoms with E-state index < -0.39 is 20.7 Å². The van der Waals surface area contributed by atoms with Crippen molar-refractivity contribution in [3.63, 3.8) is 0 Å². The maximum Gasteiger partial charge on any atom is 0.261 e. The number of alkyl halides is 1. The summed E-state index contributed by atoms with van der Waals surface area (Å²) in [4.78, 5) is 0. The van der Waals surface area contributed by atoms with Crippen molar-refractivity contribution < 1.29 is 19.4 Å². The Labute approximate surface area is 182 Å². The molecule has 1 heterocycles. The Hall–Kier alpha value is -0.773. The first-order valence-electron chi connectivity index (χ1n) is 9.66. The van der Waals surface area contributed by atoms with Crippen molar-refractivity contribution in [2.75, 3.05) is 6.61 Å². The van der Waals surface area contributed by atoms with Crippen LogP contribution in [-0.2, 0) is 9.16 Å². The Morgan fingerprint density at radius 2 is 1.54 bits per heavy atom. The Balaban J connectivity index is 1.95. The fourth-order valence-corrected chi connectivity index (χ4v) is 9.55. The van der Waals surface area contributed by atoms with Gasteiger partial charge in [-0.05, 0) is 15.4 Å². The van der Waals surface area contributed by atoms with Crippen LogP contribution in [0.5, 0.6) is 0 Å². The Morgan fingerprint density at radius 1 is 1.04 bits per heavy atom. The normalized spacial score (nSPS) is 24.3. The molecule has 2 aromatic carbocycles. The summed E-state index contributed by atoms with van der Waals surface area (Å²) >= 11 is 2.32. The molecule has 4 atom stereocenters. The summed E-state index contributed by atoms with van der Waals surface area (Å²) < 4.78 is 12.5. The molecular weight excluding hydrogens is 483 g/mol. The largest absolute Gasteiger partial charge is 0.406 e. The molecule has 4 nitrogen and oxygen atoms in total. The third-order valence-corrected chi connectivity index (χ3v) is 11.6. The number of benzene rings is 2. The molecule has 152 valence electrons. The minimum atomic E-state index is -2.58. The molecule has 0 spiro atoms. The fraction of sp³-hybridized carbons (Fsp3) is 0.455. The summed E-state index contributed by atoms with van der Waals surface area (Å²) in [5.74, 6) is 0. The molecule has 6 heteroatoms. The monoisotopic (exact) mass is 512 g/mol. The first-order valence-corrected chi connectivity index (χ1v) is 12.8. The van der Waals surface area contributed by atoms with Gasteiger partial charge in [0.1, 0.15) is 6.10 Å². The summed E-state index contributed by atoms with van der Waals surface area (Å²) in [6.45, 7) is 7.25. The number of hydrogen-bond donors (Lipinski definition) is 2. The molecule has 3 rings (SSSR count). The van der Waals surface area contributed by atoms with E-state index in [9.17, 15) is 10.2 Å². The maximum absolute atomic E-state index is 9.82. The van der Waals surface area contributed by atoms with Gasteiger partial charge in [0, 0.05) is 13.0 Å². The quantitative estimate of drug-likeness (QED) is 0.355. The molecule has 1 aliphatic rings. The fourth-order valence-electron chi connectivity index (χ4n) is 3.99. The molecule has 0 bridgehead atoms. The van der Waals surface area contributed by atoms with Crippen LogP contribution in [0.4, 0.5) is 0 Å². The minimum absolute atomic E-state index is 0.0334. The van der Waals surface area contributed by atoms with Crippen molar-refractivity contribution in [3.8, 4) is 0 Å². The van der Waals surface area contributed by atoms with E-state index in [1.807, 2.05) is 12.1 Å². The number of aliphatic hydroxyl groups excluding tert-OH is 2. The van der Waals surface area contributed by atoms with Gasteiger partial charge < -0.3 is 19.4 Å². The van der Waals surface area contributed by atoms with Crippen molar-refractivity contribution in [2.24, 2.45) is 0 Å². The second kappa shape index (κ2) is 8.93. The second-order valence-corrected chi connectivity index (χ2v) is 14.3. The molecular formula is C22H29IO4Si.